The van der Waals surface area contributed by atoms with E-state index in [0.717, 1.165) is 5.56 Å². The maximum Gasteiger partial charge on any atom is 0.273 e. The Balaban J connectivity index is 1.71. The number of carbonyl (C=O) groups excluding carboxylic acids is 1. The molecular formula is C16H13N3O6. The summed E-state index contributed by atoms with van der Waals surface area (Å²) in [7, 11) is 0. The van der Waals surface area contributed by atoms with Gasteiger partial charge in [0.25, 0.3) is 17.3 Å². The predicted molar refractivity (Wildman–Crippen MR) is 87.7 cm³/mol. The molecule has 1 heterocycles. The summed E-state index contributed by atoms with van der Waals surface area (Å²) >= 11 is 0. The molecule has 0 N–H and O–H groups in total. The molecule has 0 unspecified atom stereocenters. The van der Waals surface area contributed by atoms with Crippen LogP contribution in [0.25, 0.3) is 0 Å². The SMILES string of the molecule is O=C(COc1cccc([N+](=O)[O-])c1)N1CCc2ccc([N+](=O)[O-])cc21. The van der Waals surface area contributed by atoms with E-state index >= 15 is 0 Å². The smallest absolute Gasteiger partial charge is 0.273 e. The molecule has 0 fully saturated rings. The van der Waals surface area contributed by atoms with Crippen molar-refractivity contribution < 1.29 is 19.4 Å². The summed E-state index contributed by atoms with van der Waals surface area (Å²) < 4.78 is 5.33. The molecule has 0 aromatic heterocycles. The largest absolute Gasteiger partial charge is 0.483 e. The summed E-state index contributed by atoms with van der Waals surface area (Å²) in [6, 6.07) is 9.96. The first-order chi connectivity index (χ1) is 12.0. The van der Waals surface area contributed by atoms with Crippen LogP contribution in [0, 0.1) is 20.2 Å². The fraction of sp³-hybridized carbons (Fsp3) is 0.188. The Kier molecular flexibility index (Phi) is 4.29. The van der Waals surface area contributed by atoms with Gasteiger partial charge in [0.2, 0.25) is 0 Å². The van der Waals surface area contributed by atoms with Crippen molar-refractivity contribution in [1.29, 1.82) is 0 Å². The summed E-state index contributed by atoms with van der Waals surface area (Å²) in [4.78, 5) is 34.4. The molecule has 2 aromatic rings. The fourth-order valence-corrected chi connectivity index (χ4v) is 2.65. The molecule has 0 bridgehead atoms. The van der Waals surface area contributed by atoms with Crippen LogP contribution in [0.3, 0.4) is 0 Å². The first-order valence-electron chi connectivity index (χ1n) is 7.40. The van der Waals surface area contributed by atoms with Gasteiger partial charge in [-0.1, -0.05) is 12.1 Å². The zero-order chi connectivity index (χ0) is 18.0. The topological polar surface area (TPSA) is 116 Å². The van der Waals surface area contributed by atoms with Gasteiger partial charge in [0, 0.05) is 24.7 Å². The highest BCUT2D eigenvalue weighted by molar-refractivity contribution is 5.96. The molecule has 0 saturated heterocycles. The van der Waals surface area contributed by atoms with Crippen LogP contribution in [0.4, 0.5) is 17.1 Å². The molecule has 0 atom stereocenters. The molecule has 0 radical (unpaired) electrons. The van der Waals surface area contributed by atoms with Gasteiger partial charge in [0.15, 0.2) is 6.61 Å². The number of hydrogen-bond donors (Lipinski definition) is 0. The standard InChI is InChI=1S/C16H13N3O6/c20-16(10-25-14-3-1-2-12(8-14)18(21)22)17-7-6-11-4-5-13(19(23)24)9-15(11)17/h1-5,8-9H,6-7,10H2. The number of carbonyl (C=O) groups is 1. The highest BCUT2D eigenvalue weighted by Gasteiger charge is 2.27. The molecule has 3 rings (SSSR count). The van der Waals surface area contributed by atoms with Crippen molar-refractivity contribution in [2.24, 2.45) is 0 Å². The summed E-state index contributed by atoms with van der Waals surface area (Å²) in [5.41, 5.74) is 1.14. The maximum atomic E-state index is 12.4. The third-order valence-corrected chi connectivity index (χ3v) is 3.87. The van der Waals surface area contributed by atoms with Crippen LogP contribution in [-0.2, 0) is 11.2 Å². The van der Waals surface area contributed by atoms with Gasteiger partial charge in [-0.3, -0.25) is 25.0 Å². The Bertz CT molecular complexity index is 867. The molecule has 0 aliphatic carbocycles. The minimum atomic E-state index is -0.551. The van der Waals surface area contributed by atoms with Crippen LogP contribution in [0.2, 0.25) is 0 Å². The monoisotopic (exact) mass is 343 g/mol. The molecule has 0 saturated carbocycles. The molecular weight excluding hydrogens is 330 g/mol. The molecule has 1 amide bonds. The van der Waals surface area contributed by atoms with Crippen LogP contribution in [0.15, 0.2) is 42.5 Å². The van der Waals surface area contributed by atoms with E-state index in [1.807, 2.05) is 0 Å². The van der Waals surface area contributed by atoms with Crippen molar-refractivity contribution in [2.45, 2.75) is 6.42 Å². The summed E-state index contributed by atoms with van der Waals surface area (Å²) in [5, 5.41) is 21.6. The van der Waals surface area contributed by atoms with Crippen molar-refractivity contribution in [2.75, 3.05) is 18.1 Å². The normalized spacial score (nSPS) is 12.6. The first kappa shape index (κ1) is 16.4. The van der Waals surface area contributed by atoms with Gasteiger partial charge >= 0.3 is 0 Å². The molecule has 128 valence electrons. The lowest BCUT2D eigenvalue weighted by molar-refractivity contribution is -0.385. The minimum absolute atomic E-state index is 0.0851. The van der Waals surface area contributed by atoms with E-state index in [1.54, 1.807) is 6.07 Å². The summed E-state index contributed by atoms with van der Waals surface area (Å²) in [6.45, 7) is 0.0942. The molecule has 25 heavy (non-hydrogen) atoms. The number of ether oxygens (including phenoxy) is 1. The molecule has 1 aliphatic heterocycles. The second-order valence-corrected chi connectivity index (χ2v) is 5.41. The number of amides is 1. The van der Waals surface area contributed by atoms with Gasteiger partial charge < -0.3 is 9.64 Å². The number of nitro groups is 2. The number of rotatable bonds is 5. The number of fused-ring (bicyclic) bond motifs is 1. The Morgan fingerprint density at radius 3 is 2.52 bits per heavy atom. The lowest BCUT2D eigenvalue weighted by Crippen LogP contribution is -2.33. The van der Waals surface area contributed by atoms with Crippen molar-refractivity contribution >= 4 is 23.0 Å². The van der Waals surface area contributed by atoms with E-state index in [-0.39, 0.29) is 29.6 Å². The van der Waals surface area contributed by atoms with Crippen LogP contribution >= 0.6 is 0 Å². The van der Waals surface area contributed by atoms with Crippen molar-refractivity contribution in [3.05, 3.63) is 68.3 Å². The number of hydrogen-bond acceptors (Lipinski definition) is 6. The average Bonchev–Trinajstić information content (AvgIpc) is 3.03. The minimum Gasteiger partial charge on any atom is -0.483 e. The van der Waals surface area contributed by atoms with Gasteiger partial charge in [-0.25, -0.2) is 0 Å². The quantitative estimate of drug-likeness (QED) is 0.608. The number of nitrogens with zero attached hydrogens (tertiary/aromatic N) is 3. The zero-order valence-electron chi connectivity index (χ0n) is 13.0. The van der Waals surface area contributed by atoms with Gasteiger partial charge in [-0.05, 0) is 18.1 Å². The number of benzene rings is 2. The second-order valence-electron chi connectivity index (χ2n) is 5.41. The van der Waals surface area contributed by atoms with E-state index in [1.165, 1.54) is 41.3 Å². The van der Waals surface area contributed by atoms with Gasteiger partial charge in [0.1, 0.15) is 5.75 Å². The average molecular weight is 343 g/mol. The van der Waals surface area contributed by atoms with Gasteiger partial charge in [-0.15, -0.1) is 0 Å². The zero-order valence-corrected chi connectivity index (χ0v) is 13.0. The number of nitro benzene ring substituents is 2. The van der Waals surface area contributed by atoms with Crippen LogP contribution in [0.1, 0.15) is 5.56 Å². The van der Waals surface area contributed by atoms with E-state index in [0.29, 0.717) is 18.7 Å². The Morgan fingerprint density at radius 2 is 1.80 bits per heavy atom. The van der Waals surface area contributed by atoms with Crippen LogP contribution < -0.4 is 9.64 Å². The Morgan fingerprint density at radius 1 is 1.08 bits per heavy atom. The molecule has 2 aromatic carbocycles. The highest BCUT2D eigenvalue weighted by atomic mass is 16.6. The Hall–Kier alpha value is -3.49. The van der Waals surface area contributed by atoms with Crippen molar-refractivity contribution in [3.8, 4) is 5.75 Å². The maximum absolute atomic E-state index is 12.4. The molecule has 0 spiro atoms. The van der Waals surface area contributed by atoms with Crippen molar-refractivity contribution in [1.82, 2.24) is 0 Å². The van der Waals surface area contributed by atoms with Crippen molar-refractivity contribution in [3.63, 3.8) is 0 Å². The molecule has 9 nitrogen and oxygen atoms in total. The van der Waals surface area contributed by atoms with E-state index in [2.05, 4.69) is 0 Å². The molecule has 1 aliphatic rings. The summed E-state index contributed by atoms with van der Waals surface area (Å²) in [5.74, 6) is -0.160. The van der Waals surface area contributed by atoms with Crippen LogP contribution in [-0.4, -0.2) is 28.9 Å². The second kappa shape index (κ2) is 6.56. The molecule has 9 heteroatoms. The highest BCUT2D eigenvalue weighted by Crippen LogP contribution is 2.31. The van der Waals surface area contributed by atoms with Gasteiger partial charge in [0.05, 0.1) is 21.6 Å². The first-order valence-corrected chi connectivity index (χ1v) is 7.40. The van der Waals surface area contributed by atoms with E-state index in [9.17, 15) is 25.0 Å². The predicted octanol–water partition coefficient (Wildman–Crippen LogP) is 2.47. The van der Waals surface area contributed by atoms with Gasteiger partial charge in [-0.2, -0.15) is 0 Å². The fourth-order valence-electron chi connectivity index (χ4n) is 2.65. The third-order valence-electron chi connectivity index (χ3n) is 3.87. The third kappa shape index (κ3) is 3.39. The lowest BCUT2D eigenvalue weighted by atomic mass is 10.1. The Labute approximate surface area is 141 Å². The summed E-state index contributed by atoms with van der Waals surface area (Å²) in [6.07, 6.45) is 0.607. The number of non-ortho nitro benzene ring substituents is 2. The van der Waals surface area contributed by atoms with Crippen LogP contribution in [0.5, 0.6) is 5.75 Å². The lowest BCUT2D eigenvalue weighted by Gasteiger charge is -2.17. The van der Waals surface area contributed by atoms with E-state index in [4.69, 9.17) is 4.74 Å². The number of anilines is 1. The van der Waals surface area contributed by atoms with E-state index < -0.39 is 9.85 Å².